The molecule has 0 aliphatic carbocycles. The van der Waals surface area contributed by atoms with Crippen LogP contribution in [0.25, 0.3) is 0 Å². The first-order valence-corrected chi connectivity index (χ1v) is 13.3. The Balaban J connectivity index is 1.70. The molecule has 0 unspecified atom stereocenters. The van der Waals surface area contributed by atoms with Gasteiger partial charge in [-0.05, 0) is 25.1 Å². The SMILES string of the molecule is CC(=O)Oc1cc(OC(=O)c2cccc(C(=O)n3c(=O)c(F)cn([C@@H]4O[C@H](C)[C@@H](OC(C)=O)[C@H]4OC(C)=O)c3=O)c2)c(Cl)cn1. The largest absolute Gasteiger partial charge is 0.456 e. The van der Waals surface area contributed by atoms with Crippen molar-refractivity contribution >= 4 is 41.4 Å². The average Bonchev–Trinajstić information content (AvgIpc) is 3.25. The molecular weight excluding hydrogens is 625 g/mol. The number of carbonyl (C=O) groups excluding carboxylic acids is 5. The number of carbonyl (C=O) groups is 5. The molecule has 45 heavy (non-hydrogen) atoms. The Morgan fingerprint density at radius 1 is 0.933 bits per heavy atom. The molecule has 15 nitrogen and oxygen atoms in total. The van der Waals surface area contributed by atoms with Crippen molar-refractivity contribution in [2.45, 2.75) is 52.2 Å². The molecule has 4 atom stereocenters. The molecule has 0 spiro atoms. The smallest absolute Gasteiger partial charge is 0.343 e. The third kappa shape index (κ3) is 7.13. The number of hydrogen-bond acceptors (Lipinski definition) is 13. The standard InChI is InChI=1S/C28H23ClFN3O12/c1-12-22(43-14(3)35)23(44-15(4)36)26(41-12)32-11-19(30)25(38)33(28(32)40)24(37)16-6-5-7-17(8-16)27(39)45-20-9-21(42-13(2)34)31-10-18(20)29/h5-12,22-23,26H,1-4H3/t12-,22-,23-,26-/m1/s1. The first kappa shape index (κ1) is 32.7. The van der Waals surface area contributed by atoms with Gasteiger partial charge in [-0.15, -0.1) is 0 Å². The summed E-state index contributed by atoms with van der Waals surface area (Å²) in [6.45, 7) is 4.69. The lowest BCUT2D eigenvalue weighted by atomic mass is 10.1. The van der Waals surface area contributed by atoms with E-state index in [1.807, 2.05) is 0 Å². The van der Waals surface area contributed by atoms with E-state index in [2.05, 4.69) is 4.98 Å². The molecule has 1 fully saturated rings. The molecule has 0 saturated carbocycles. The maximum atomic E-state index is 14.9. The van der Waals surface area contributed by atoms with Crippen LogP contribution in [0.4, 0.5) is 4.39 Å². The Morgan fingerprint density at radius 3 is 2.22 bits per heavy atom. The number of esters is 4. The number of ether oxygens (including phenoxy) is 5. The second kappa shape index (κ2) is 13.2. The number of halogens is 2. The summed E-state index contributed by atoms with van der Waals surface area (Å²) < 4.78 is 41.5. The fourth-order valence-corrected chi connectivity index (χ4v) is 4.50. The molecule has 1 aromatic carbocycles. The summed E-state index contributed by atoms with van der Waals surface area (Å²) in [6.07, 6.45) is -3.72. The van der Waals surface area contributed by atoms with Gasteiger partial charge < -0.3 is 23.7 Å². The second-order valence-electron chi connectivity index (χ2n) is 9.51. The summed E-state index contributed by atoms with van der Waals surface area (Å²) >= 11 is 6.02. The highest BCUT2D eigenvalue weighted by molar-refractivity contribution is 6.32. The molecule has 0 N–H and O–H groups in total. The van der Waals surface area contributed by atoms with E-state index in [4.69, 9.17) is 35.3 Å². The Bertz CT molecular complexity index is 1840. The molecule has 17 heteroatoms. The van der Waals surface area contributed by atoms with Gasteiger partial charge in [0.1, 0.15) is 5.02 Å². The van der Waals surface area contributed by atoms with Gasteiger partial charge in [-0.25, -0.2) is 14.6 Å². The molecule has 3 aromatic rings. The van der Waals surface area contributed by atoms with Gasteiger partial charge in [-0.3, -0.25) is 28.5 Å². The molecule has 0 bridgehead atoms. The molecule has 1 saturated heterocycles. The number of nitrogens with zero attached hydrogens (tertiary/aromatic N) is 3. The number of benzene rings is 1. The average molecular weight is 648 g/mol. The maximum Gasteiger partial charge on any atom is 0.343 e. The van der Waals surface area contributed by atoms with E-state index >= 15 is 0 Å². The normalized spacial score (nSPS) is 19.0. The van der Waals surface area contributed by atoms with Gasteiger partial charge in [0.25, 0.3) is 11.5 Å². The maximum absolute atomic E-state index is 14.9. The molecular formula is C28H23ClFN3O12. The van der Waals surface area contributed by atoms with Gasteiger partial charge in [0.15, 0.2) is 24.2 Å². The summed E-state index contributed by atoms with van der Waals surface area (Å²) in [5.74, 6) is -6.70. The highest BCUT2D eigenvalue weighted by atomic mass is 35.5. The van der Waals surface area contributed by atoms with Crippen LogP contribution in [0.5, 0.6) is 11.6 Å². The van der Waals surface area contributed by atoms with E-state index in [1.165, 1.54) is 19.1 Å². The van der Waals surface area contributed by atoms with Crippen LogP contribution in [0.2, 0.25) is 5.02 Å². The zero-order valence-electron chi connectivity index (χ0n) is 23.8. The van der Waals surface area contributed by atoms with Crippen LogP contribution >= 0.6 is 11.6 Å². The third-order valence-electron chi connectivity index (χ3n) is 6.17. The highest BCUT2D eigenvalue weighted by Gasteiger charge is 2.49. The lowest BCUT2D eigenvalue weighted by Gasteiger charge is -2.24. The summed E-state index contributed by atoms with van der Waals surface area (Å²) in [5, 5.41) is -0.121. The molecule has 1 aliphatic heterocycles. The lowest BCUT2D eigenvalue weighted by Crippen LogP contribution is -2.48. The van der Waals surface area contributed by atoms with Crippen LogP contribution in [0, 0.1) is 5.82 Å². The Labute approximate surface area is 257 Å². The topological polar surface area (TPSA) is 188 Å². The summed E-state index contributed by atoms with van der Waals surface area (Å²) in [4.78, 5) is 90.9. The molecule has 3 heterocycles. The number of rotatable bonds is 7. The predicted molar refractivity (Wildman–Crippen MR) is 147 cm³/mol. The molecule has 1 aliphatic rings. The molecule has 236 valence electrons. The van der Waals surface area contributed by atoms with Crippen LogP contribution in [0.1, 0.15) is 54.6 Å². The van der Waals surface area contributed by atoms with Crippen molar-refractivity contribution < 1.29 is 52.0 Å². The van der Waals surface area contributed by atoms with Crippen molar-refractivity contribution in [3.63, 3.8) is 0 Å². The summed E-state index contributed by atoms with van der Waals surface area (Å²) in [6, 6.07) is 5.66. The van der Waals surface area contributed by atoms with E-state index in [0.29, 0.717) is 10.8 Å². The van der Waals surface area contributed by atoms with Gasteiger partial charge in [0, 0.05) is 32.4 Å². The number of pyridine rings is 1. The van der Waals surface area contributed by atoms with E-state index in [1.54, 1.807) is 0 Å². The van der Waals surface area contributed by atoms with E-state index < -0.39 is 77.0 Å². The monoisotopic (exact) mass is 647 g/mol. The van der Waals surface area contributed by atoms with E-state index in [0.717, 1.165) is 45.2 Å². The Hall–Kier alpha value is -5.22. The van der Waals surface area contributed by atoms with Gasteiger partial charge in [0.2, 0.25) is 11.7 Å². The quantitative estimate of drug-likeness (QED) is 0.338. The van der Waals surface area contributed by atoms with Crippen LogP contribution in [0.3, 0.4) is 0 Å². The number of hydrogen-bond donors (Lipinski definition) is 0. The van der Waals surface area contributed by atoms with E-state index in [9.17, 15) is 38.0 Å². The minimum atomic E-state index is -1.62. The first-order chi connectivity index (χ1) is 21.2. The molecule has 2 aromatic heterocycles. The third-order valence-corrected chi connectivity index (χ3v) is 6.45. The van der Waals surface area contributed by atoms with Crippen LogP contribution in [0.15, 0.2) is 52.3 Å². The summed E-state index contributed by atoms with van der Waals surface area (Å²) in [7, 11) is 0. The second-order valence-corrected chi connectivity index (χ2v) is 9.92. The fraction of sp³-hybridized carbons (Fsp3) is 0.286. The van der Waals surface area contributed by atoms with Crippen molar-refractivity contribution in [1.29, 1.82) is 0 Å². The van der Waals surface area contributed by atoms with Crippen molar-refractivity contribution in [1.82, 2.24) is 14.1 Å². The number of aromatic nitrogens is 3. The van der Waals surface area contributed by atoms with Crippen molar-refractivity contribution in [2.75, 3.05) is 0 Å². The van der Waals surface area contributed by atoms with Gasteiger partial charge in [-0.2, -0.15) is 8.96 Å². The van der Waals surface area contributed by atoms with Crippen molar-refractivity contribution in [3.8, 4) is 11.6 Å². The predicted octanol–water partition coefficient (Wildman–Crippen LogP) is 1.81. The molecule has 0 radical (unpaired) electrons. The molecule has 4 rings (SSSR count). The minimum absolute atomic E-state index is 0.0388. The zero-order chi connectivity index (χ0) is 33.2. The van der Waals surface area contributed by atoms with E-state index in [-0.39, 0.29) is 26.8 Å². The fourth-order valence-electron chi connectivity index (χ4n) is 4.35. The molecule has 0 amide bonds. The van der Waals surface area contributed by atoms with Crippen LogP contribution in [-0.2, 0) is 28.6 Å². The highest BCUT2D eigenvalue weighted by Crippen LogP contribution is 2.33. The Kier molecular flexibility index (Phi) is 9.58. The van der Waals surface area contributed by atoms with Gasteiger partial charge in [0.05, 0.1) is 24.1 Å². The lowest BCUT2D eigenvalue weighted by molar-refractivity contribution is -0.165. The zero-order valence-corrected chi connectivity index (χ0v) is 24.6. The van der Waals surface area contributed by atoms with Crippen LogP contribution < -0.4 is 20.7 Å². The van der Waals surface area contributed by atoms with Gasteiger partial charge in [-0.1, -0.05) is 17.7 Å². The minimum Gasteiger partial charge on any atom is -0.456 e. The van der Waals surface area contributed by atoms with Crippen LogP contribution in [-0.4, -0.2) is 62.2 Å². The van der Waals surface area contributed by atoms with Gasteiger partial charge >= 0.3 is 29.6 Å². The Morgan fingerprint density at radius 2 is 1.58 bits per heavy atom. The first-order valence-electron chi connectivity index (χ1n) is 12.9. The van der Waals surface area contributed by atoms with Crippen molar-refractivity contribution in [2.24, 2.45) is 0 Å². The van der Waals surface area contributed by atoms with Crippen molar-refractivity contribution in [3.05, 3.63) is 85.5 Å². The summed E-state index contributed by atoms with van der Waals surface area (Å²) in [5.41, 5.74) is -3.67.